The van der Waals surface area contributed by atoms with Crippen molar-refractivity contribution in [2.24, 2.45) is 0 Å². The Labute approximate surface area is 90.1 Å². The van der Waals surface area contributed by atoms with E-state index in [1.807, 2.05) is 0 Å². The SMILES string of the molecule is O=C(NC1CC1)c1nc(-n2cnnc2)n[nH]1. The van der Waals surface area contributed by atoms with E-state index in [0.29, 0.717) is 12.0 Å². The summed E-state index contributed by atoms with van der Waals surface area (Å²) in [5.41, 5.74) is 0. The first-order valence-electron chi connectivity index (χ1n) is 4.91. The molecule has 0 radical (unpaired) electrons. The van der Waals surface area contributed by atoms with Gasteiger partial charge in [0.1, 0.15) is 12.7 Å². The van der Waals surface area contributed by atoms with Gasteiger partial charge < -0.3 is 5.32 Å². The molecular weight excluding hydrogens is 210 g/mol. The highest BCUT2D eigenvalue weighted by molar-refractivity contribution is 5.90. The second-order valence-corrected chi connectivity index (χ2v) is 3.60. The van der Waals surface area contributed by atoms with Gasteiger partial charge in [0, 0.05) is 6.04 Å². The van der Waals surface area contributed by atoms with Crippen LogP contribution in [-0.2, 0) is 0 Å². The van der Waals surface area contributed by atoms with Gasteiger partial charge >= 0.3 is 0 Å². The lowest BCUT2D eigenvalue weighted by Gasteiger charge is -1.97. The van der Waals surface area contributed by atoms with Crippen molar-refractivity contribution < 1.29 is 4.79 Å². The van der Waals surface area contributed by atoms with Crippen molar-refractivity contribution in [1.82, 2.24) is 35.3 Å². The molecule has 0 bridgehead atoms. The van der Waals surface area contributed by atoms with E-state index < -0.39 is 0 Å². The fourth-order valence-corrected chi connectivity index (χ4v) is 1.26. The Morgan fingerprint density at radius 3 is 2.88 bits per heavy atom. The number of carbonyl (C=O) groups is 1. The van der Waals surface area contributed by atoms with Gasteiger partial charge in [-0.1, -0.05) is 0 Å². The molecule has 1 amide bonds. The molecule has 2 heterocycles. The first-order chi connectivity index (χ1) is 7.83. The summed E-state index contributed by atoms with van der Waals surface area (Å²) in [6, 6.07) is 0.302. The van der Waals surface area contributed by atoms with E-state index in [1.165, 1.54) is 17.2 Å². The highest BCUT2D eigenvalue weighted by Gasteiger charge is 2.25. The molecule has 16 heavy (non-hydrogen) atoms. The van der Waals surface area contributed by atoms with E-state index in [9.17, 15) is 4.79 Å². The molecule has 0 aliphatic heterocycles. The number of nitrogens with one attached hydrogen (secondary N) is 2. The molecule has 0 aromatic carbocycles. The first kappa shape index (κ1) is 9.01. The maximum absolute atomic E-state index is 11.6. The predicted octanol–water partition coefficient (Wildman–Crippen LogP) is -0.722. The largest absolute Gasteiger partial charge is 0.347 e. The quantitative estimate of drug-likeness (QED) is 0.709. The van der Waals surface area contributed by atoms with Gasteiger partial charge in [-0.2, -0.15) is 4.98 Å². The Kier molecular flexibility index (Phi) is 1.92. The molecule has 0 atom stereocenters. The highest BCUT2D eigenvalue weighted by Crippen LogP contribution is 2.18. The molecule has 82 valence electrons. The second kappa shape index (κ2) is 3.40. The molecular formula is C8H9N7O. The van der Waals surface area contributed by atoms with Crippen molar-refractivity contribution in [3.63, 3.8) is 0 Å². The van der Waals surface area contributed by atoms with Crippen LogP contribution in [0, 0.1) is 0 Å². The van der Waals surface area contributed by atoms with Crippen molar-refractivity contribution in [3.8, 4) is 5.95 Å². The van der Waals surface area contributed by atoms with E-state index >= 15 is 0 Å². The number of rotatable bonds is 3. The average molecular weight is 219 g/mol. The molecule has 2 N–H and O–H groups in total. The van der Waals surface area contributed by atoms with E-state index in [0.717, 1.165) is 12.8 Å². The van der Waals surface area contributed by atoms with Crippen LogP contribution in [0.1, 0.15) is 23.5 Å². The monoisotopic (exact) mass is 219 g/mol. The third kappa shape index (κ3) is 1.64. The van der Waals surface area contributed by atoms with Gasteiger partial charge in [-0.25, -0.2) is 0 Å². The van der Waals surface area contributed by atoms with Crippen LogP contribution in [0.15, 0.2) is 12.7 Å². The zero-order valence-corrected chi connectivity index (χ0v) is 8.29. The van der Waals surface area contributed by atoms with Crippen LogP contribution in [-0.4, -0.2) is 41.9 Å². The number of hydrogen-bond donors (Lipinski definition) is 2. The molecule has 8 heteroatoms. The maximum atomic E-state index is 11.6. The van der Waals surface area contributed by atoms with Crippen molar-refractivity contribution >= 4 is 5.91 Å². The maximum Gasteiger partial charge on any atom is 0.288 e. The zero-order chi connectivity index (χ0) is 11.0. The molecule has 0 spiro atoms. The molecule has 1 aliphatic rings. The third-order valence-electron chi connectivity index (χ3n) is 2.25. The van der Waals surface area contributed by atoms with E-state index in [2.05, 4.69) is 30.7 Å². The van der Waals surface area contributed by atoms with Gasteiger partial charge in [0.2, 0.25) is 5.82 Å². The summed E-state index contributed by atoms with van der Waals surface area (Å²) in [6.07, 6.45) is 5.01. The number of H-pyrrole nitrogens is 1. The highest BCUT2D eigenvalue weighted by atomic mass is 16.2. The summed E-state index contributed by atoms with van der Waals surface area (Å²) < 4.78 is 1.52. The summed E-state index contributed by atoms with van der Waals surface area (Å²) in [5, 5.41) is 16.5. The summed E-state index contributed by atoms with van der Waals surface area (Å²) in [4.78, 5) is 15.6. The minimum absolute atomic E-state index is 0.204. The van der Waals surface area contributed by atoms with Gasteiger partial charge in [0.15, 0.2) is 0 Å². The van der Waals surface area contributed by atoms with Crippen molar-refractivity contribution in [3.05, 3.63) is 18.5 Å². The summed E-state index contributed by atoms with van der Waals surface area (Å²) in [5.74, 6) is 0.330. The van der Waals surface area contributed by atoms with Crippen LogP contribution in [0.25, 0.3) is 5.95 Å². The fraction of sp³-hybridized carbons (Fsp3) is 0.375. The number of aromatic nitrogens is 6. The number of nitrogens with zero attached hydrogens (tertiary/aromatic N) is 5. The molecule has 0 unspecified atom stereocenters. The number of carbonyl (C=O) groups excluding carboxylic acids is 1. The Morgan fingerprint density at radius 1 is 1.44 bits per heavy atom. The fourth-order valence-electron chi connectivity index (χ4n) is 1.26. The van der Waals surface area contributed by atoms with E-state index in [1.54, 1.807) is 0 Å². The molecule has 8 nitrogen and oxygen atoms in total. The number of amides is 1. The topological polar surface area (TPSA) is 101 Å². The minimum atomic E-state index is -0.227. The van der Waals surface area contributed by atoms with E-state index in [4.69, 9.17) is 0 Å². The summed E-state index contributed by atoms with van der Waals surface area (Å²) in [6.45, 7) is 0. The summed E-state index contributed by atoms with van der Waals surface area (Å²) in [7, 11) is 0. The van der Waals surface area contributed by atoms with Gasteiger partial charge in [-0.15, -0.1) is 15.3 Å². The molecule has 2 aromatic rings. The smallest absolute Gasteiger partial charge is 0.288 e. The zero-order valence-electron chi connectivity index (χ0n) is 8.29. The van der Waals surface area contributed by atoms with Gasteiger partial charge in [-0.05, 0) is 12.8 Å². The van der Waals surface area contributed by atoms with Crippen LogP contribution in [0.2, 0.25) is 0 Å². The Hall–Kier alpha value is -2.25. The summed E-state index contributed by atoms with van der Waals surface area (Å²) >= 11 is 0. The normalized spacial score (nSPS) is 15.0. The van der Waals surface area contributed by atoms with Crippen LogP contribution in [0.5, 0.6) is 0 Å². The predicted molar refractivity (Wildman–Crippen MR) is 51.8 cm³/mol. The standard InChI is InChI=1S/C8H9N7O/c16-7(11-5-1-2-5)6-12-8(14-13-6)15-3-9-10-4-15/h3-5H,1-2H2,(H,11,16)(H,12,13,14). The lowest BCUT2D eigenvalue weighted by molar-refractivity contribution is 0.0941. The van der Waals surface area contributed by atoms with Gasteiger partial charge in [-0.3, -0.25) is 14.5 Å². The number of hydrogen-bond acceptors (Lipinski definition) is 5. The van der Waals surface area contributed by atoms with E-state index in [-0.39, 0.29) is 11.7 Å². The molecule has 2 aromatic heterocycles. The third-order valence-corrected chi connectivity index (χ3v) is 2.25. The van der Waals surface area contributed by atoms with Gasteiger partial charge in [0.25, 0.3) is 11.9 Å². The van der Waals surface area contributed by atoms with Gasteiger partial charge in [0.05, 0.1) is 0 Å². The molecule has 0 saturated heterocycles. The molecule has 1 saturated carbocycles. The van der Waals surface area contributed by atoms with Crippen LogP contribution < -0.4 is 5.32 Å². The van der Waals surface area contributed by atoms with Crippen molar-refractivity contribution in [2.45, 2.75) is 18.9 Å². The van der Waals surface area contributed by atoms with Crippen molar-refractivity contribution in [1.29, 1.82) is 0 Å². The van der Waals surface area contributed by atoms with Crippen LogP contribution in [0.3, 0.4) is 0 Å². The minimum Gasteiger partial charge on any atom is -0.347 e. The Balaban J connectivity index is 1.79. The lowest BCUT2D eigenvalue weighted by Crippen LogP contribution is -2.26. The van der Waals surface area contributed by atoms with Crippen LogP contribution in [0.4, 0.5) is 0 Å². The number of aromatic amines is 1. The molecule has 1 aliphatic carbocycles. The average Bonchev–Trinajstić information content (AvgIpc) is 2.84. The van der Waals surface area contributed by atoms with Crippen LogP contribution >= 0.6 is 0 Å². The molecule has 3 rings (SSSR count). The Bertz CT molecular complexity index is 498. The van der Waals surface area contributed by atoms with Crippen molar-refractivity contribution in [2.75, 3.05) is 0 Å². The lowest BCUT2D eigenvalue weighted by atomic mass is 10.5. The Morgan fingerprint density at radius 2 is 2.19 bits per heavy atom. The first-order valence-corrected chi connectivity index (χ1v) is 4.91. The second-order valence-electron chi connectivity index (χ2n) is 3.60. The molecule has 1 fully saturated rings.